The normalized spacial score (nSPS) is 19.4. The molecule has 0 aliphatic carbocycles. The van der Waals surface area contributed by atoms with Crippen molar-refractivity contribution in [1.29, 1.82) is 0 Å². The summed E-state index contributed by atoms with van der Waals surface area (Å²) in [6.45, 7) is 7.48. The summed E-state index contributed by atoms with van der Waals surface area (Å²) in [5.41, 5.74) is 1.11. The van der Waals surface area contributed by atoms with E-state index in [4.69, 9.17) is 0 Å². The Morgan fingerprint density at radius 2 is 2.00 bits per heavy atom. The van der Waals surface area contributed by atoms with Gasteiger partial charge in [0, 0.05) is 44.2 Å². The molecule has 1 N–H and O–H groups in total. The third-order valence-corrected chi connectivity index (χ3v) is 3.93. The lowest BCUT2D eigenvalue weighted by Gasteiger charge is -2.33. The summed E-state index contributed by atoms with van der Waals surface area (Å²) < 4.78 is 27.5. The van der Waals surface area contributed by atoms with Crippen LogP contribution in [0.3, 0.4) is 0 Å². The molecule has 1 aliphatic heterocycles. The minimum Gasteiger partial charge on any atom is -0.314 e. The van der Waals surface area contributed by atoms with Gasteiger partial charge in [0.1, 0.15) is 0 Å². The lowest BCUT2D eigenvalue weighted by molar-refractivity contribution is -0.00845. The quantitative estimate of drug-likeness (QED) is 0.902. The predicted octanol–water partition coefficient (Wildman–Crippen LogP) is 3.15. The van der Waals surface area contributed by atoms with E-state index < -0.39 is 5.92 Å². The van der Waals surface area contributed by atoms with Crippen LogP contribution in [0.15, 0.2) is 24.3 Å². The van der Waals surface area contributed by atoms with Crippen molar-refractivity contribution in [2.24, 2.45) is 0 Å². The molecule has 1 heterocycles. The average molecular weight is 268 g/mol. The van der Waals surface area contributed by atoms with Gasteiger partial charge in [0.05, 0.1) is 0 Å². The Kier molecular flexibility index (Phi) is 4.53. The lowest BCUT2D eigenvalue weighted by Crippen LogP contribution is -2.44. The molecule has 1 fully saturated rings. The minimum atomic E-state index is -2.72. The first-order valence-corrected chi connectivity index (χ1v) is 6.97. The zero-order valence-corrected chi connectivity index (χ0v) is 11.6. The number of benzene rings is 1. The van der Waals surface area contributed by atoms with Crippen LogP contribution in [0.4, 0.5) is 8.78 Å². The fourth-order valence-corrected chi connectivity index (χ4v) is 2.51. The van der Waals surface area contributed by atoms with E-state index in [-0.39, 0.29) is 18.0 Å². The van der Waals surface area contributed by atoms with E-state index in [1.807, 2.05) is 6.07 Å². The molecule has 0 spiro atoms. The summed E-state index contributed by atoms with van der Waals surface area (Å²) in [4.78, 5) is 2.33. The third-order valence-electron chi connectivity index (χ3n) is 3.93. The van der Waals surface area contributed by atoms with Crippen LogP contribution < -0.4 is 5.32 Å². The fraction of sp³-hybridized carbons (Fsp3) is 0.600. The SMILES string of the molecule is CCC(F)(F)c1cccc(C(C)N2CCNCC2)c1. The smallest absolute Gasteiger partial charge is 0.273 e. The van der Waals surface area contributed by atoms with Gasteiger partial charge in [-0.15, -0.1) is 0 Å². The van der Waals surface area contributed by atoms with Crippen molar-refractivity contribution < 1.29 is 8.78 Å². The summed E-state index contributed by atoms with van der Waals surface area (Å²) in [5.74, 6) is -2.72. The van der Waals surface area contributed by atoms with Gasteiger partial charge >= 0.3 is 0 Å². The Balaban J connectivity index is 2.18. The molecule has 0 amide bonds. The van der Waals surface area contributed by atoms with Gasteiger partial charge < -0.3 is 5.32 Å². The molecule has 0 saturated carbocycles. The van der Waals surface area contributed by atoms with E-state index in [9.17, 15) is 8.78 Å². The Bertz CT molecular complexity index is 414. The number of hydrogen-bond acceptors (Lipinski definition) is 2. The second-order valence-corrected chi connectivity index (χ2v) is 5.15. The van der Waals surface area contributed by atoms with Gasteiger partial charge in [0.25, 0.3) is 5.92 Å². The molecule has 19 heavy (non-hydrogen) atoms. The number of nitrogens with one attached hydrogen (secondary N) is 1. The molecule has 1 aliphatic rings. The summed E-state index contributed by atoms with van der Waals surface area (Å²) in [7, 11) is 0. The van der Waals surface area contributed by atoms with Crippen molar-refractivity contribution in [1.82, 2.24) is 10.2 Å². The minimum absolute atomic E-state index is 0.134. The van der Waals surface area contributed by atoms with Crippen LogP contribution in [0, 0.1) is 0 Å². The zero-order valence-electron chi connectivity index (χ0n) is 11.6. The van der Waals surface area contributed by atoms with Crippen molar-refractivity contribution >= 4 is 0 Å². The maximum atomic E-state index is 13.7. The molecule has 1 saturated heterocycles. The highest BCUT2D eigenvalue weighted by Crippen LogP contribution is 2.33. The van der Waals surface area contributed by atoms with Crippen LogP contribution in [0.1, 0.15) is 37.4 Å². The number of alkyl halides is 2. The van der Waals surface area contributed by atoms with E-state index in [0.29, 0.717) is 0 Å². The van der Waals surface area contributed by atoms with Gasteiger partial charge in [-0.25, -0.2) is 8.78 Å². The fourth-order valence-electron chi connectivity index (χ4n) is 2.51. The van der Waals surface area contributed by atoms with Gasteiger partial charge in [-0.05, 0) is 18.6 Å². The molecule has 0 radical (unpaired) electrons. The maximum Gasteiger partial charge on any atom is 0.273 e. The Morgan fingerprint density at radius 1 is 1.32 bits per heavy atom. The summed E-state index contributed by atoms with van der Waals surface area (Å²) >= 11 is 0. The largest absolute Gasteiger partial charge is 0.314 e. The third kappa shape index (κ3) is 3.31. The molecule has 1 aromatic rings. The van der Waals surface area contributed by atoms with Crippen LogP contribution >= 0.6 is 0 Å². The Morgan fingerprint density at radius 3 is 2.63 bits per heavy atom. The molecule has 1 unspecified atom stereocenters. The second kappa shape index (κ2) is 5.97. The van der Waals surface area contributed by atoms with E-state index in [0.717, 1.165) is 31.7 Å². The van der Waals surface area contributed by atoms with E-state index in [2.05, 4.69) is 17.1 Å². The van der Waals surface area contributed by atoms with Gasteiger partial charge in [0.2, 0.25) is 0 Å². The first-order valence-electron chi connectivity index (χ1n) is 6.97. The van der Waals surface area contributed by atoms with Crippen molar-refractivity contribution in [3.05, 3.63) is 35.4 Å². The average Bonchev–Trinajstić information content (AvgIpc) is 2.47. The first kappa shape index (κ1) is 14.4. The summed E-state index contributed by atoms with van der Waals surface area (Å²) in [6.07, 6.45) is -0.154. The Labute approximate surface area is 113 Å². The zero-order chi connectivity index (χ0) is 13.9. The highest BCUT2D eigenvalue weighted by atomic mass is 19.3. The number of hydrogen-bond donors (Lipinski definition) is 1. The number of nitrogens with zero attached hydrogens (tertiary/aromatic N) is 1. The molecule has 0 bridgehead atoms. The van der Waals surface area contributed by atoms with Crippen LogP contribution in [0.5, 0.6) is 0 Å². The molecule has 2 nitrogen and oxygen atoms in total. The molecule has 1 aromatic carbocycles. The molecule has 2 rings (SSSR count). The van der Waals surface area contributed by atoms with Crippen molar-refractivity contribution in [2.75, 3.05) is 26.2 Å². The number of rotatable bonds is 4. The van der Waals surface area contributed by atoms with E-state index >= 15 is 0 Å². The summed E-state index contributed by atoms with van der Waals surface area (Å²) in [5, 5.41) is 3.30. The van der Waals surface area contributed by atoms with Gasteiger partial charge in [-0.2, -0.15) is 0 Å². The molecular formula is C15H22F2N2. The summed E-state index contributed by atoms with van der Waals surface area (Å²) in [6, 6.07) is 7.07. The number of piperazine rings is 1. The van der Waals surface area contributed by atoms with Crippen LogP contribution in [-0.4, -0.2) is 31.1 Å². The van der Waals surface area contributed by atoms with Gasteiger partial charge in [-0.3, -0.25) is 4.90 Å². The van der Waals surface area contributed by atoms with E-state index in [1.165, 1.54) is 13.0 Å². The molecular weight excluding hydrogens is 246 g/mol. The molecule has 106 valence electrons. The van der Waals surface area contributed by atoms with Crippen molar-refractivity contribution in [3.63, 3.8) is 0 Å². The topological polar surface area (TPSA) is 15.3 Å². The monoisotopic (exact) mass is 268 g/mol. The molecule has 4 heteroatoms. The van der Waals surface area contributed by atoms with Gasteiger partial charge in [-0.1, -0.05) is 25.1 Å². The molecule has 1 atom stereocenters. The van der Waals surface area contributed by atoms with E-state index in [1.54, 1.807) is 12.1 Å². The van der Waals surface area contributed by atoms with Gasteiger partial charge in [0.15, 0.2) is 0 Å². The predicted molar refractivity (Wildman–Crippen MR) is 73.5 cm³/mol. The highest BCUT2D eigenvalue weighted by molar-refractivity contribution is 5.28. The highest BCUT2D eigenvalue weighted by Gasteiger charge is 2.29. The van der Waals surface area contributed by atoms with Crippen LogP contribution in [0.25, 0.3) is 0 Å². The standard InChI is InChI=1S/C15H22F2N2/c1-3-15(16,17)14-6-4-5-13(11-14)12(2)19-9-7-18-8-10-19/h4-6,11-12,18H,3,7-10H2,1-2H3. The van der Waals surface area contributed by atoms with Crippen LogP contribution in [-0.2, 0) is 5.92 Å². The Hall–Kier alpha value is -1.00. The maximum absolute atomic E-state index is 13.7. The van der Waals surface area contributed by atoms with Crippen molar-refractivity contribution in [2.45, 2.75) is 32.2 Å². The van der Waals surface area contributed by atoms with Crippen molar-refractivity contribution in [3.8, 4) is 0 Å². The molecule has 0 aromatic heterocycles. The van der Waals surface area contributed by atoms with Crippen LogP contribution in [0.2, 0.25) is 0 Å². The lowest BCUT2D eigenvalue weighted by atomic mass is 9.99. The second-order valence-electron chi connectivity index (χ2n) is 5.15. The first-order chi connectivity index (χ1) is 9.04. The number of halogens is 2.